The molecule has 0 radical (unpaired) electrons. The van der Waals surface area contributed by atoms with Crippen molar-refractivity contribution in [3.63, 3.8) is 0 Å². The van der Waals surface area contributed by atoms with Crippen molar-refractivity contribution >= 4 is 38.0 Å². The summed E-state index contributed by atoms with van der Waals surface area (Å²) in [6.45, 7) is 8.06. The van der Waals surface area contributed by atoms with Gasteiger partial charge in [0.2, 0.25) is 15.3 Å². The molecule has 2 aromatic carbocycles. The summed E-state index contributed by atoms with van der Waals surface area (Å²) in [5.74, 6) is 0.357. The Bertz CT molecular complexity index is 1340. The number of aromatic nitrogens is 1. The Morgan fingerprint density at radius 1 is 1.12 bits per heavy atom. The van der Waals surface area contributed by atoms with E-state index in [4.69, 9.17) is 11.6 Å². The van der Waals surface area contributed by atoms with Crippen LogP contribution in [0.4, 0.5) is 10.1 Å². The highest BCUT2D eigenvalue weighted by Gasteiger charge is 2.27. The Hall–Kier alpha value is -2.38. The highest BCUT2D eigenvalue weighted by molar-refractivity contribution is 7.91. The van der Waals surface area contributed by atoms with Crippen LogP contribution in [0.2, 0.25) is 5.02 Å². The molecule has 0 amide bonds. The SMILES string of the molecule is CCn1cc(S(=O)(=O)c2cccc(Cl)c2)c(=O)c2cc(F)c(N3C[C@@H](C)C[C@H](C)C3)cc21. The number of sulfone groups is 1. The number of fused-ring (bicyclic) bond motifs is 1. The standard InChI is InChI=1S/C24H26ClFN2O3S/c1-4-27-14-23(32(30,31)18-7-5-6-17(25)9-18)24(29)19-10-20(26)22(11-21(19)27)28-12-15(2)8-16(3)13-28/h5-7,9-11,14-16H,4,8,12-13H2,1-3H3/t15-,16-/m0/s1. The van der Waals surface area contributed by atoms with E-state index in [9.17, 15) is 13.2 Å². The van der Waals surface area contributed by atoms with Gasteiger partial charge >= 0.3 is 0 Å². The van der Waals surface area contributed by atoms with Gasteiger partial charge in [-0.3, -0.25) is 4.79 Å². The van der Waals surface area contributed by atoms with Crippen LogP contribution in [0.15, 0.2) is 57.2 Å². The second kappa shape index (κ2) is 8.52. The zero-order chi connectivity index (χ0) is 23.2. The van der Waals surface area contributed by atoms with Crippen molar-refractivity contribution in [1.82, 2.24) is 4.57 Å². The highest BCUT2D eigenvalue weighted by Crippen LogP contribution is 2.31. The Balaban J connectivity index is 1.91. The van der Waals surface area contributed by atoms with Crippen LogP contribution in [0.5, 0.6) is 0 Å². The molecule has 2 heterocycles. The van der Waals surface area contributed by atoms with Gasteiger partial charge in [-0.1, -0.05) is 31.5 Å². The number of hydrogen-bond donors (Lipinski definition) is 0. The zero-order valence-electron chi connectivity index (χ0n) is 18.3. The first-order valence-corrected chi connectivity index (χ1v) is 12.6. The van der Waals surface area contributed by atoms with Gasteiger partial charge < -0.3 is 9.47 Å². The maximum Gasteiger partial charge on any atom is 0.211 e. The van der Waals surface area contributed by atoms with E-state index in [1.165, 1.54) is 30.5 Å². The van der Waals surface area contributed by atoms with Gasteiger partial charge in [0.1, 0.15) is 10.7 Å². The molecule has 32 heavy (non-hydrogen) atoms. The quantitative estimate of drug-likeness (QED) is 0.523. The molecule has 8 heteroatoms. The van der Waals surface area contributed by atoms with Gasteiger partial charge in [-0.2, -0.15) is 0 Å². The maximum absolute atomic E-state index is 15.2. The Morgan fingerprint density at radius 2 is 1.81 bits per heavy atom. The lowest BCUT2D eigenvalue weighted by atomic mass is 9.91. The molecular formula is C24H26ClFN2O3S. The predicted octanol–water partition coefficient (Wildman–Crippen LogP) is 5.13. The molecule has 0 spiro atoms. The zero-order valence-corrected chi connectivity index (χ0v) is 19.9. The first-order chi connectivity index (χ1) is 15.1. The van der Waals surface area contributed by atoms with E-state index in [1.807, 2.05) is 11.8 Å². The van der Waals surface area contributed by atoms with Gasteiger partial charge in [0.15, 0.2) is 0 Å². The fourth-order valence-electron chi connectivity index (χ4n) is 4.69. The van der Waals surface area contributed by atoms with Crippen LogP contribution < -0.4 is 10.3 Å². The minimum absolute atomic E-state index is 0.0503. The lowest BCUT2D eigenvalue weighted by molar-refractivity contribution is 0.354. The first kappa shape index (κ1) is 22.8. The number of anilines is 1. The molecule has 2 atom stereocenters. The molecule has 0 bridgehead atoms. The summed E-state index contributed by atoms with van der Waals surface area (Å²) >= 11 is 5.96. The average Bonchev–Trinajstić information content (AvgIpc) is 2.73. The molecule has 0 aliphatic carbocycles. The summed E-state index contributed by atoms with van der Waals surface area (Å²) in [5.41, 5.74) is 0.253. The summed E-state index contributed by atoms with van der Waals surface area (Å²) in [6.07, 6.45) is 2.44. The van der Waals surface area contributed by atoms with Crippen LogP contribution in [0, 0.1) is 17.7 Å². The van der Waals surface area contributed by atoms with Gasteiger partial charge in [-0.15, -0.1) is 0 Å². The number of rotatable bonds is 4. The van der Waals surface area contributed by atoms with Crippen molar-refractivity contribution in [2.45, 2.75) is 43.5 Å². The molecule has 0 unspecified atom stereocenters. The largest absolute Gasteiger partial charge is 0.369 e. The Labute approximate surface area is 192 Å². The number of aryl methyl sites for hydroxylation is 1. The van der Waals surface area contributed by atoms with E-state index in [0.717, 1.165) is 19.5 Å². The number of nitrogens with zero attached hydrogens (tertiary/aromatic N) is 2. The molecule has 1 aliphatic heterocycles. The van der Waals surface area contributed by atoms with E-state index < -0.39 is 21.1 Å². The molecule has 0 saturated carbocycles. The third kappa shape index (κ3) is 4.04. The van der Waals surface area contributed by atoms with Crippen LogP contribution in [-0.2, 0) is 16.4 Å². The van der Waals surface area contributed by atoms with E-state index in [1.54, 1.807) is 16.7 Å². The smallest absolute Gasteiger partial charge is 0.211 e. The van der Waals surface area contributed by atoms with Crippen LogP contribution in [0.25, 0.3) is 10.9 Å². The lowest BCUT2D eigenvalue weighted by Crippen LogP contribution is -2.39. The molecule has 1 fully saturated rings. The van der Waals surface area contributed by atoms with Crippen molar-refractivity contribution in [3.05, 3.63) is 63.7 Å². The molecule has 1 aromatic heterocycles. The van der Waals surface area contributed by atoms with E-state index >= 15 is 4.39 Å². The molecule has 3 aromatic rings. The number of benzene rings is 2. The number of piperidine rings is 1. The third-order valence-corrected chi connectivity index (χ3v) is 8.04. The van der Waals surface area contributed by atoms with Crippen molar-refractivity contribution in [2.75, 3.05) is 18.0 Å². The Kier molecular flexibility index (Phi) is 6.07. The van der Waals surface area contributed by atoms with E-state index in [0.29, 0.717) is 29.6 Å². The third-order valence-electron chi connectivity index (χ3n) is 6.06. The second-order valence-electron chi connectivity index (χ2n) is 8.74. The van der Waals surface area contributed by atoms with Crippen molar-refractivity contribution in [1.29, 1.82) is 0 Å². The number of pyridine rings is 1. The summed E-state index contributed by atoms with van der Waals surface area (Å²) in [4.78, 5) is 14.8. The van der Waals surface area contributed by atoms with E-state index in [2.05, 4.69) is 13.8 Å². The van der Waals surface area contributed by atoms with Crippen LogP contribution in [-0.4, -0.2) is 26.1 Å². The summed E-state index contributed by atoms with van der Waals surface area (Å²) in [6, 6.07) is 8.63. The van der Waals surface area contributed by atoms with Crippen LogP contribution >= 0.6 is 11.6 Å². The monoisotopic (exact) mass is 476 g/mol. The minimum atomic E-state index is -4.12. The lowest BCUT2D eigenvalue weighted by Gasteiger charge is -2.37. The fourth-order valence-corrected chi connectivity index (χ4v) is 6.36. The van der Waals surface area contributed by atoms with Gasteiger partial charge in [0.25, 0.3) is 0 Å². The number of hydrogen-bond acceptors (Lipinski definition) is 4. The van der Waals surface area contributed by atoms with Crippen LogP contribution in [0.1, 0.15) is 27.2 Å². The van der Waals surface area contributed by atoms with E-state index in [-0.39, 0.29) is 20.2 Å². The van der Waals surface area contributed by atoms with Gasteiger partial charge in [0.05, 0.1) is 21.5 Å². The Morgan fingerprint density at radius 3 is 2.44 bits per heavy atom. The fraction of sp³-hybridized carbons (Fsp3) is 0.375. The maximum atomic E-state index is 15.2. The van der Waals surface area contributed by atoms with Gasteiger partial charge in [0, 0.05) is 30.9 Å². The molecule has 5 nitrogen and oxygen atoms in total. The van der Waals surface area contributed by atoms with Gasteiger partial charge in [-0.05, 0) is 55.5 Å². The summed E-state index contributed by atoms with van der Waals surface area (Å²) < 4.78 is 43.3. The summed E-state index contributed by atoms with van der Waals surface area (Å²) in [7, 11) is -4.12. The predicted molar refractivity (Wildman–Crippen MR) is 126 cm³/mol. The topological polar surface area (TPSA) is 59.4 Å². The molecular weight excluding hydrogens is 451 g/mol. The number of halogens is 2. The highest BCUT2D eigenvalue weighted by atomic mass is 35.5. The molecule has 4 rings (SSSR count). The molecule has 1 saturated heterocycles. The van der Waals surface area contributed by atoms with Crippen molar-refractivity contribution < 1.29 is 12.8 Å². The van der Waals surface area contributed by atoms with Crippen LogP contribution in [0.3, 0.4) is 0 Å². The normalized spacial score (nSPS) is 19.5. The van der Waals surface area contributed by atoms with Crippen molar-refractivity contribution in [2.24, 2.45) is 11.8 Å². The average molecular weight is 477 g/mol. The first-order valence-electron chi connectivity index (χ1n) is 10.7. The molecule has 1 aliphatic rings. The molecule has 170 valence electrons. The summed E-state index contributed by atoms with van der Waals surface area (Å²) in [5, 5.41) is 0.303. The van der Waals surface area contributed by atoms with Gasteiger partial charge in [-0.25, -0.2) is 12.8 Å². The molecule has 0 N–H and O–H groups in total. The second-order valence-corrected chi connectivity index (χ2v) is 11.1. The van der Waals surface area contributed by atoms with Crippen molar-refractivity contribution in [3.8, 4) is 0 Å². The minimum Gasteiger partial charge on any atom is -0.369 e.